The first-order valence-corrected chi connectivity index (χ1v) is 10.3. The lowest BCUT2D eigenvalue weighted by atomic mass is 10.1. The molecule has 0 aromatic heterocycles. The Bertz CT molecular complexity index is 868. The van der Waals surface area contributed by atoms with Crippen molar-refractivity contribution in [1.29, 1.82) is 0 Å². The van der Waals surface area contributed by atoms with Crippen LogP contribution in [0.2, 0.25) is 0 Å². The molecule has 0 N–H and O–H groups in total. The first-order valence-electron chi connectivity index (χ1n) is 9.32. The van der Waals surface area contributed by atoms with Crippen molar-refractivity contribution in [3.63, 3.8) is 0 Å². The average molecular weight is 397 g/mol. The maximum absolute atomic E-state index is 13.2. The van der Waals surface area contributed by atoms with E-state index < -0.39 is 17.9 Å². The van der Waals surface area contributed by atoms with Crippen molar-refractivity contribution >= 4 is 34.4 Å². The minimum Gasteiger partial charge on any atom is -0.464 e. The molecule has 5 nitrogen and oxygen atoms in total. The summed E-state index contributed by atoms with van der Waals surface area (Å²) in [6, 6.07) is 15.9. The lowest BCUT2D eigenvalue weighted by molar-refractivity contribution is -0.145. The molecule has 0 bridgehead atoms. The standard InChI is InChI=1S/C22H23NO4S/c1-3-27-21(25)19-13-17-11-7-8-12-18(17)23(19)20(24)15(2)14-28-22(26)16-9-5-4-6-10-16/h4-12,15,19H,3,13-14H2,1-2H3/t15-,19?/m1/s1. The summed E-state index contributed by atoms with van der Waals surface area (Å²) in [6.07, 6.45) is 0.448. The van der Waals surface area contributed by atoms with E-state index in [1.54, 1.807) is 30.9 Å². The highest BCUT2D eigenvalue weighted by atomic mass is 32.2. The molecule has 0 radical (unpaired) electrons. The quantitative estimate of drug-likeness (QED) is 0.695. The Morgan fingerprint density at radius 3 is 2.50 bits per heavy atom. The summed E-state index contributed by atoms with van der Waals surface area (Å²) in [5.74, 6) is -0.634. The van der Waals surface area contributed by atoms with E-state index in [1.807, 2.05) is 42.5 Å². The van der Waals surface area contributed by atoms with E-state index in [-0.39, 0.29) is 17.6 Å². The number of anilines is 1. The zero-order valence-corrected chi connectivity index (χ0v) is 16.8. The van der Waals surface area contributed by atoms with Crippen LogP contribution >= 0.6 is 11.8 Å². The maximum atomic E-state index is 13.2. The summed E-state index contributed by atoms with van der Waals surface area (Å²) < 4.78 is 5.18. The highest BCUT2D eigenvalue weighted by molar-refractivity contribution is 8.14. The van der Waals surface area contributed by atoms with Gasteiger partial charge in [-0.3, -0.25) is 14.5 Å². The van der Waals surface area contributed by atoms with Gasteiger partial charge in [0.05, 0.1) is 6.61 Å². The van der Waals surface area contributed by atoms with Gasteiger partial charge in [0.15, 0.2) is 0 Å². The first kappa shape index (κ1) is 20.1. The lowest BCUT2D eigenvalue weighted by Crippen LogP contribution is -2.46. The van der Waals surface area contributed by atoms with Gasteiger partial charge in [0.2, 0.25) is 11.0 Å². The third kappa shape index (κ3) is 4.28. The molecule has 3 rings (SSSR count). The van der Waals surface area contributed by atoms with Crippen molar-refractivity contribution in [3.8, 4) is 0 Å². The van der Waals surface area contributed by atoms with Gasteiger partial charge in [-0.25, -0.2) is 4.79 Å². The van der Waals surface area contributed by atoms with Crippen LogP contribution in [-0.4, -0.2) is 35.4 Å². The van der Waals surface area contributed by atoms with E-state index in [0.29, 0.717) is 17.7 Å². The molecule has 2 atom stereocenters. The number of thioether (sulfide) groups is 1. The smallest absolute Gasteiger partial charge is 0.329 e. The molecule has 1 heterocycles. The van der Waals surface area contributed by atoms with Crippen LogP contribution in [0.3, 0.4) is 0 Å². The van der Waals surface area contributed by atoms with Gasteiger partial charge in [0, 0.05) is 29.3 Å². The number of fused-ring (bicyclic) bond motifs is 1. The van der Waals surface area contributed by atoms with Gasteiger partial charge in [-0.1, -0.05) is 67.2 Å². The predicted octanol–water partition coefficient (Wildman–Crippen LogP) is 3.72. The summed E-state index contributed by atoms with van der Waals surface area (Å²) >= 11 is 1.12. The second-order valence-corrected chi connectivity index (χ2v) is 7.67. The molecule has 2 aromatic rings. The van der Waals surface area contributed by atoms with Crippen molar-refractivity contribution in [1.82, 2.24) is 0 Å². The van der Waals surface area contributed by atoms with Gasteiger partial charge >= 0.3 is 5.97 Å². The molecule has 0 saturated carbocycles. The molecule has 0 aliphatic carbocycles. The van der Waals surface area contributed by atoms with Crippen LogP contribution < -0.4 is 4.90 Å². The number of rotatable bonds is 6. The predicted molar refractivity (Wildman–Crippen MR) is 110 cm³/mol. The Morgan fingerprint density at radius 1 is 1.11 bits per heavy atom. The van der Waals surface area contributed by atoms with Gasteiger partial charge in [-0.05, 0) is 18.6 Å². The van der Waals surface area contributed by atoms with Crippen molar-refractivity contribution in [2.45, 2.75) is 26.3 Å². The Balaban J connectivity index is 1.72. The fourth-order valence-electron chi connectivity index (χ4n) is 3.25. The van der Waals surface area contributed by atoms with Crippen molar-refractivity contribution in [3.05, 3.63) is 65.7 Å². The zero-order valence-electron chi connectivity index (χ0n) is 16.0. The Labute approximate surface area is 169 Å². The van der Waals surface area contributed by atoms with E-state index in [2.05, 4.69) is 0 Å². The first-order chi connectivity index (χ1) is 13.5. The summed E-state index contributed by atoms with van der Waals surface area (Å²) in [7, 11) is 0. The van der Waals surface area contributed by atoms with Gasteiger partial charge in [0.1, 0.15) is 6.04 Å². The number of hydrogen-bond donors (Lipinski definition) is 0. The van der Waals surface area contributed by atoms with Crippen LogP contribution in [0, 0.1) is 5.92 Å². The van der Waals surface area contributed by atoms with Crippen LogP contribution in [0.25, 0.3) is 0 Å². The molecule has 28 heavy (non-hydrogen) atoms. The highest BCUT2D eigenvalue weighted by Crippen LogP contribution is 2.34. The molecule has 146 valence electrons. The third-order valence-electron chi connectivity index (χ3n) is 4.67. The van der Waals surface area contributed by atoms with Crippen molar-refractivity contribution in [2.24, 2.45) is 5.92 Å². The van der Waals surface area contributed by atoms with Crippen LogP contribution in [0.15, 0.2) is 54.6 Å². The fourth-order valence-corrected chi connectivity index (χ4v) is 4.10. The Kier molecular flexibility index (Phi) is 6.52. The van der Waals surface area contributed by atoms with Crippen molar-refractivity contribution in [2.75, 3.05) is 17.3 Å². The summed E-state index contributed by atoms with van der Waals surface area (Å²) in [4.78, 5) is 39.5. The molecule has 1 aliphatic heterocycles. The molecular formula is C22H23NO4S. The van der Waals surface area contributed by atoms with Crippen LogP contribution in [0.4, 0.5) is 5.69 Å². The molecule has 0 spiro atoms. The number of benzene rings is 2. The number of esters is 1. The monoisotopic (exact) mass is 397 g/mol. The van der Waals surface area contributed by atoms with E-state index in [4.69, 9.17) is 4.74 Å². The van der Waals surface area contributed by atoms with E-state index in [0.717, 1.165) is 23.0 Å². The van der Waals surface area contributed by atoms with E-state index in [1.165, 1.54) is 0 Å². The molecule has 0 fully saturated rings. The Morgan fingerprint density at radius 2 is 1.79 bits per heavy atom. The van der Waals surface area contributed by atoms with Crippen LogP contribution in [0.5, 0.6) is 0 Å². The normalized spacial score (nSPS) is 16.4. The number of carbonyl (C=O) groups excluding carboxylic acids is 3. The zero-order chi connectivity index (χ0) is 20.1. The second-order valence-electron chi connectivity index (χ2n) is 6.67. The number of para-hydroxylation sites is 1. The van der Waals surface area contributed by atoms with Gasteiger partial charge in [-0.2, -0.15) is 0 Å². The van der Waals surface area contributed by atoms with Gasteiger partial charge in [-0.15, -0.1) is 0 Å². The fraction of sp³-hybridized carbons (Fsp3) is 0.318. The Hall–Kier alpha value is -2.60. The number of carbonyl (C=O) groups is 3. The number of nitrogens with zero attached hydrogens (tertiary/aromatic N) is 1. The van der Waals surface area contributed by atoms with E-state index in [9.17, 15) is 14.4 Å². The minimum absolute atomic E-state index is 0.0657. The largest absolute Gasteiger partial charge is 0.464 e. The summed E-state index contributed by atoms with van der Waals surface area (Å²) in [6.45, 7) is 3.81. The van der Waals surface area contributed by atoms with Gasteiger partial charge < -0.3 is 4.74 Å². The lowest BCUT2D eigenvalue weighted by Gasteiger charge is -2.26. The average Bonchev–Trinajstić information content (AvgIpc) is 3.11. The molecule has 6 heteroatoms. The van der Waals surface area contributed by atoms with Crippen LogP contribution in [0.1, 0.15) is 29.8 Å². The number of hydrogen-bond acceptors (Lipinski definition) is 5. The second kappa shape index (κ2) is 9.06. The molecule has 1 unspecified atom stereocenters. The summed E-state index contributed by atoms with van der Waals surface area (Å²) in [5, 5.41) is -0.0657. The highest BCUT2D eigenvalue weighted by Gasteiger charge is 2.40. The van der Waals surface area contributed by atoms with E-state index >= 15 is 0 Å². The number of amides is 1. The SMILES string of the molecule is CCOC(=O)C1Cc2ccccc2N1C(=O)[C@H](C)CSC(=O)c1ccccc1. The van der Waals surface area contributed by atoms with Gasteiger partial charge in [0.25, 0.3) is 0 Å². The molecular weight excluding hydrogens is 374 g/mol. The van der Waals surface area contributed by atoms with Crippen LogP contribution in [-0.2, 0) is 20.7 Å². The molecule has 0 saturated heterocycles. The third-order valence-corrected chi connectivity index (χ3v) is 5.83. The molecule has 1 aliphatic rings. The topological polar surface area (TPSA) is 63.7 Å². The minimum atomic E-state index is -0.651. The summed E-state index contributed by atoms with van der Waals surface area (Å²) in [5.41, 5.74) is 2.31. The number of ether oxygens (including phenoxy) is 1. The van der Waals surface area contributed by atoms with Crippen molar-refractivity contribution < 1.29 is 19.1 Å². The maximum Gasteiger partial charge on any atom is 0.329 e. The molecule has 2 aromatic carbocycles. The molecule has 1 amide bonds.